The molecule has 8 heteroatoms. The van der Waals surface area contributed by atoms with Gasteiger partial charge in [-0.15, -0.1) is 0 Å². The van der Waals surface area contributed by atoms with Gasteiger partial charge >= 0.3 is 11.5 Å². The van der Waals surface area contributed by atoms with E-state index < -0.39 is 11.5 Å². The third-order valence-corrected chi connectivity index (χ3v) is 3.92. The molecular weight excluding hydrogens is 353 g/mol. The number of halogens is 3. The van der Waals surface area contributed by atoms with E-state index in [0.717, 1.165) is 11.3 Å². The Hall–Kier alpha value is -2.35. The van der Waals surface area contributed by atoms with Crippen molar-refractivity contribution in [1.82, 2.24) is 5.32 Å². The van der Waals surface area contributed by atoms with Crippen molar-refractivity contribution in [1.29, 1.82) is 0 Å². The van der Waals surface area contributed by atoms with E-state index in [-0.39, 0.29) is 16.7 Å². The van der Waals surface area contributed by atoms with Crippen LogP contribution in [0, 0.1) is 0 Å². The van der Waals surface area contributed by atoms with Crippen LogP contribution in [0.5, 0.6) is 5.75 Å². The lowest BCUT2D eigenvalue weighted by molar-refractivity contribution is -0.0328. The molecule has 0 radical (unpaired) electrons. The molecule has 0 unspecified atom stereocenters. The standard InChI is InChI=1S/C17H17F3N2O2S/c1-24-14-4-2-3-12(11-14)9-10-21-16(23)22-13-5-7-15(8-6-13)25-17(18,19)20/h2-8,11H,9-10H2,1H3,(H2,21,22,23). The van der Waals surface area contributed by atoms with Gasteiger partial charge in [0.2, 0.25) is 0 Å². The van der Waals surface area contributed by atoms with Crippen molar-refractivity contribution in [3.05, 3.63) is 54.1 Å². The Morgan fingerprint density at radius 1 is 1.16 bits per heavy atom. The van der Waals surface area contributed by atoms with Crippen LogP contribution in [-0.4, -0.2) is 25.2 Å². The molecule has 0 aliphatic carbocycles. The number of hydrogen-bond donors (Lipinski definition) is 2. The second-order valence-corrected chi connectivity index (χ2v) is 6.19. The number of carbonyl (C=O) groups is 1. The molecule has 2 aromatic carbocycles. The summed E-state index contributed by atoms with van der Waals surface area (Å²) in [4.78, 5) is 11.9. The molecule has 2 aromatic rings. The summed E-state index contributed by atoms with van der Waals surface area (Å²) in [6, 6.07) is 12.6. The maximum absolute atomic E-state index is 12.3. The zero-order valence-electron chi connectivity index (χ0n) is 13.4. The highest BCUT2D eigenvalue weighted by Gasteiger charge is 2.28. The summed E-state index contributed by atoms with van der Waals surface area (Å²) in [5.41, 5.74) is -2.88. The van der Waals surface area contributed by atoms with E-state index in [4.69, 9.17) is 4.74 Å². The SMILES string of the molecule is COc1cccc(CCNC(=O)Nc2ccc(SC(F)(F)F)cc2)c1. The topological polar surface area (TPSA) is 50.4 Å². The summed E-state index contributed by atoms with van der Waals surface area (Å²) in [5.74, 6) is 0.749. The molecule has 0 aromatic heterocycles. The van der Waals surface area contributed by atoms with Crippen molar-refractivity contribution in [2.45, 2.75) is 16.8 Å². The monoisotopic (exact) mass is 370 g/mol. The van der Waals surface area contributed by atoms with E-state index in [2.05, 4.69) is 10.6 Å². The molecule has 134 valence electrons. The van der Waals surface area contributed by atoms with E-state index in [0.29, 0.717) is 18.7 Å². The maximum atomic E-state index is 12.3. The van der Waals surface area contributed by atoms with Crippen LogP contribution >= 0.6 is 11.8 Å². The Morgan fingerprint density at radius 3 is 2.52 bits per heavy atom. The number of methoxy groups -OCH3 is 1. The number of ether oxygens (including phenoxy) is 1. The first-order valence-electron chi connectivity index (χ1n) is 7.39. The van der Waals surface area contributed by atoms with Crippen molar-refractivity contribution in [3.8, 4) is 5.75 Å². The maximum Gasteiger partial charge on any atom is 0.446 e. The average molecular weight is 370 g/mol. The number of anilines is 1. The van der Waals surface area contributed by atoms with Gasteiger partial charge in [-0.1, -0.05) is 12.1 Å². The van der Waals surface area contributed by atoms with Crippen molar-refractivity contribution < 1.29 is 22.7 Å². The van der Waals surface area contributed by atoms with Crippen molar-refractivity contribution in [3.63, 3.8) is 0 Å². The summed E-state index contributed by atoms with van der Waals surface area (Å²) >= 11 is -0.196. The molecular formula is C17H17F3N2O2S. The van der Waals surface area contributed by atoms with Gasteiger partial charge in [-0.2, -0.15) is 13.2 Å². The first kappa shape index (κ1) is 19.0. The first-order chi connectivity index (χ1) is 11.9. The summed E-state index contributed by atoms with van der Waals surface area (Å²) in [6.07, 6.45) is 0.631. The van der Waals surface area contributed by atoms with E-state index in [1.165, 1.54) is 24.3 Å². The Labute approximate surface area is 147 Å². The van der Waals surface area contributed by atoms with Gasteiger partial charge in [0.05, 0.1) is 7.11 Å². The van der Waals surface area contributed by atoms with Gasteiger partial charge in [0.25, 0.3) is 0 Å². The Morgan fingerprint density at radius 2 is 1.88 bits per heavy atom. The predicted molar refractivity (Wildman–Crippen MR) is 92.1 cm³/mol. The number of amides is 2. The zero-order chi connectivity index (χ0) is 18.3. The van der Waals surface area contributed by atoms with Crippen LogP contribution in [0.25, 0.3) is 0 Å². The molecule has 0 spiro atoms. The summed E-state index contributed by atoms with van der Waals surface area (Å²) < 4.78 is 41.9. The van der Waals surface area contributed by atoms with Crippen LogP contribution < -0.4 is 15.4 Å². The van der Waals surface area contributed by atoms with E-state index in [9.17, 15) is 18.0 Å². The molecule has 25 heavy (non-hydrogen) atoms. The highest BCUT2D eigenvalue weighted by Crippen LogP contribution is 2.36. The Balaban J connectivity index is 1.78. The molecule has 4 nitrogen and oxygen atoms in total. The van der Waals surface area contributed by atoms with Gasteiger partial charge < -0.3 is 15.4 Å². The summed E-state index contributed by atoms with van der Waals surface area (Å²) in [6.45, 7) is 0.418. The molecule has 2 rings (SSSR count). The number of carbonyl (C=O) groups excluding carboxylic acids is 1. The number of urea groups is 1. The summed E-state index contributed by atoms with van der Waals surface area (Å²) in [5, 5.41) is 5.27. The van der Waals surface area contributed by atoms with Crippen LogP contribution in [-0.2, 0) is 6.42 Å². The molecule has 2 N–H and O–H groups in total. The second kappa shape index (κ2) is 8.66. The van der Waals surface area contributed by atoms with Crippen molar-refractivity contribution in [2.75, 3.05) is 19.0 Å². The molecule has 0 bridgehead atoms. The number of nitrogens with one attached hydrogen (secondary N) is 2. The fraction of sp³-hybridized carbons (Fsp3) is 0.235. The minimum atomic E-state index is -4.33. The molecule has 0 saturated carbocycles. The Bertz CT molecular complexity index is 706. The van der Waals surface area contributed by atoms with Gasteiger partial charge in [-0.3, -0.25) is 0 Å². The van der Waals surface area contributed by atoms with Crippen LogP contribution in [0.2, 0.25) is 0 Å². The van der Waals surface area contributed by atoms with Gasteiger partial charge in [0, 0.05) is 17.1 Å². The Kier molecular flexibility index (Phi) is 6.58. The van der Waals surface area contributed by atoms with Crippen LogP contribution in [0.4, 0.5) is 23.7 Å². The van der Waals surface area contributed by atoms with Crippen LogP contribution in [0.1, 0.15) is 5.56 Å². The first-order valence-corrected chi connectivity index (χ1v) is 8.21. The third kappa shape index (κ3) is 6.96. The van der Waals surface area contributed by atoms with E-state index >= 15 is 0 Å². The summed E-state index contributed by atoms with van der Waals surface area (Å²) in [7, 11) is 1.59. The molecule has 0 aliphatic heterocycles. The number of thioether (sulfide) groups is 1. The largest absolute Gasteiger partial charge is 0.497 e. The lowest BCUT2D eigenvalue weighted by atomic mass is 10.1. The smallest absolute Gasteiger partial charge is 0.446 e. The number of alkyl halides is 3. The molecule has 0 fully saturated rings. The van der Waals surface area contributed by atoms with Crippen LogP contribution in [0.15, 0.2) is 53.4 Å². The number of benzene rings is 2. The minimum Gasteiger partial charge on any atom is -0.497 e. The van der Waals surface area contributed by atoms with E-state index in [1.54, 1.807) is 7.11 Å². The minimum absolute atomic E-state index is 0.0662. The van der Waals surface area contributed by atoms with Crippen molar-refractivity contribution in [2.24, 2.45) is 0 Å². The normalized spacial score (nSPS) is 11.0. The third-order valence-electron chi connectivity index (χ3n) is 3.18. The highest BCUT2D eigenvalue weighted by atomic mass is 32.2. The molecule has 2 amide bonds. The van der Waals surface area contributed by atoms with Gasteiger partial charge in [-0.05, 0) is 60.1 Å². The van der Waals surface area contributed by atoms with Crippen LogP contribution in [0.3, 0.4) is 0 Å². The molecule has 0 atom stereocenters. The number of hydrogen-bond acceptors (Lipinski definition) is 3. The number of rotatable bonds is 6. The highest BCUT2D eigenvalue weighted by molar-refractivity contribution is 8.00. The quantitative estimate of drug-likeness (QED) is 0.727. The molecule has 0 saturated heterocycles. The fourth-order valence-electron chi connectivity index (χ4n) is 2.06. The van der Waals surface area contributed by atoms with Gasteiger partial charge in [0.1, 0.15) is 5.75 Å². The molecule has 0 heterocycles. The lowest BCUT2D eigenvalue weighted by Crippen LogP contribution is -2.30. The van der Waals surface area contributed by atoms with Crippen molar-refractivity contribution >= 4 is 23.5 Å². The fourth-order valence-corrected chi connectivity index (χ4v) is 2.60. The molecule has 0 aliphatic rings. The zero-order valence-corrected chi connectivity index (χ0v) is 14.2. The lowest BCUT2D eigenvalue weighted by Gasteiger charge is -2.09. The average Bonchev–Trinajstić information content (AvgIpc) is 2.55. The van der Waals surface area contributed by atoms with Gasteiger partial charge in [-0.25, -0.2) is 4.79 Å². The second-order valence-electron chi connectivity index (χ2n) is 5.05. The van der Waals surface area contributed by atoms with Gasteiger partial charge in [0.15, 0.2) is 0 Å². The predicted octanol–water partition coefficient (Wildman–Crippen LogP) is 4.67. The van der Waals surface area contributed by atoms with E-state index in [1.807, 2.05) is 24.3 Å².